The summed E-state index contributed by atoms with van der Waals surface area (Å²) in [5.74, 6) is 0. The van der Waals surface area contributed by atoms with Crippen molar-refractivity contribution in [2.75, 3.05) is 0 Å². The van der Waals surface area contributed by atoms with Crippen LogP contribution < -0.4 is 0 Å². The molecule has 0 spiro atoms. The second kappa shape index (κ2) is 12.6. The van der Waals surface area contributed by atoms with Crippen molar-refractivity contribution >= 4 is 25.9 Å². The van der Waals surface area contributed by atoms with Crippen LogP contribution in [0.25, 0.3) is 0 Å². The minimum absolute atomic E-state index is 0.183. The number of aryl methyl sites for hydroxylation is 4. The van der Waals surface area contributed by atoms with Gasteiger partial charge in [0.15, 0.2) is 14.7 Å². The fourth-order valence-corrected chi connectivity index (χ4v) is 10.9. The number of hydrogen-bond acceptors (Lipinski definition) is 0. The third-order valence-electron chi connectivity index (χ3n) is 7.84. The Balaban J connectivity index is 1.54. The highest BCUT2D eigenvalue weighted by Gasteiger charge is 2.33. The summed E-state index contributed by atoms with van der Waals surface area (Å²) in [5.41, 5.74) is 6.36. The third kappa shape index (κ3) is 6.18. The standard InChI is InChI=1S/C41H38S2/c1-31-10-20-36(21-11-31)42(37-22-12-32(2)13-23-37)38-24-18-35(19-25-38)30-43(39-8-6-5-7-9-39,40-26-14-33(3)15-27-40)41-28-16-34(4)17-29-41/h5-30H,1-4H3/q+2. The van der Waals surface area contributed by atoms with Crippen LogP contribution in [0.1, 0.15) is 27.8 Å². The quantitative estimate of drug-likeness (QED) is 0.127. The second-order valence-corrected chi connectivity index (χ2v) is 16.2. The predicted molar refractivity (Wildman–Crippen MR) is 187 cm³/mol. The highest BCUT2D eigenvalue weighted by atomic mass is 32.2. The van der Waals surface area contributed by atoms with E-state index in [1.165, 1.54) is 57.2 Å². The molecule has 6 aromatic carbocycles. The van der Waals surface area contributed by atoms with Crippen molar-refractivity contribution in [2.45, 2.75) is 57.1 Å². The van der Waals surface area contributed by atoms with Gasteiger partial charge in [0.1, 0.15) is 20.1 Å². The van der Waals surface area contributed by atoms with Gasteiger partial charge in [0, 0.05) is 5.56 Å². The van der Waals surface area contributed by atoms with E-state index in [9.17, 15) is 0 Å². The van der Waals surface area contributed by atoms with Gasteiger partial charge in [-0.15, -0.1) is 0 Å². The summed E-state index contributed by atoms with van der Waals surface area (Å²) in [5, 5.41) is 2.54. The molecule has 0 amide bonds. The lowest BCUT2D eigenvalue weighted by atomic mass is 10.2. The maximum absolute atomic E-state index is 2.54. The van der Waals surface area contributed by atoms with E-state index in [4.69, 9.17) is 0 Å². The van der Waals surface area contributed by atoms with E-state index < -0.39 is 9.62 Å². The first kappa shape index (κ1) is 29.0. The molecule has 0 unspecified atom stereocenters. The lowest BCUT2D eigenvalue weighted by molar-refractivity contribution is 1.28. The zero-order valence-electron chi connectivity index (χ0n) is 25.3. The van der Waals surface area contributed by atoms with E-state index in [1.807, 2.05) is 0 Å². The van der Waals surface area contributed by atoms with Crippen molar-refractivity contribution in [3.8, 4) is 0 Å². The summed E-state index contributed by atoms with van der Waals surface area (Å²) < 4.78 is 0. The van der Waals surface area contributed by atoms with Crippen LogP contribution in [0.4, 0.5) is 0 Å². The van der Waals surface area contributed by atoms with Crippen molar-refractivity contribution in [1.29, 1.82) is 0 Å². The minimum Gasteiger partial charge on any atom is -0.0619 e. The van der Waals surface area contributed by atoms with Crippen molar-refractivity contribution in [2.24, 2.45) is 0 Å². The first-order valence-corrected chi connectivity index (χ1v) is 17.7. The number of rotatable bonds is 7. The molecule has 0 saturated carbocycles. The van der Waals surface area contributed by atoms with Crippen LogP contribution in [0.3, 0.4) is 0 Å². The molecule has 0 fully saturated rings. The molecule has 6 rings (SSSR count). The van der Waals surface area contributed by atoms with Gasteiger partial charge in [0.05, 0.1) is 10.9 Å². The monoisotopic (exact) mass is 594 g/mol. The van der Waals surface area contributed by atoms with E-state index in [0.717, 1.165) is 0 Å². The zero-order chi connectivity index (χ0) is 29.8. The van der Waals surface area contributed by atoms with Crippen LogP contribution in [0, 0.1) is 27.7 Å². The highest BCUT2D eigenvalue weighted by Crippen LogP contribution is 2.39. The summed E-state index contributed by atoms with van der Waals surface area (Å²) in [7, 11) is -1.87. The molecule has 0 nitrogen and oxygen atoms in total. The van der Waals surface area contributed by atoms with Gasteiger partial charge in [-0.05, 0) is 122 Å². The van der Waals surface area contributed by atoms with E-state index in [-0.39, 0.29) is 10.9 Å². The fourth-order valence-electron chi connectivity index (χ4n) is 5.40. The molecule has 0 atom stereocenters. The predicted octanol–water partition coefficient (Wildman–Crippen LogP) is 10.5. The molecular weight excluding hydrogens is 557 g/mol. The number of benzene rings is 6. The Labute approximate surface area is 261 Å². The van der Waals surface area contributed by atoms with Gasteiger partial charge in [-0.2, -0.15) is 0 Å². The van der Waals surface area contributed by atoms with Gasteiger partial charge in [0.2, 0.25) is 0 Å². The Bertz CT molecular complexity index is 1750. The lowest BCUT2D eigenvalue weighted by Crippen LogP contribution is -2.18. The number of hydrogen-bond donors (Lipinski definition) is 0. The molecule has 0 saturated heterocycles. The summed E-state index contributed by atoms with van der Waals surface area (Å²) in [6.07, 6.45) is 0. The van der Waals surface area contributed by atoms with Crippen molar-refractivity contribution in [1.82, 2.24) is 0 Å². The van der Waals surface area contributed by atoms with E-state index >= 15 is 0 Å². The van der Waals surface area contributed by atoms with Gasteiger partial charge in [-0.25, -0.2) is 0 Å². The highest BCUT2D eigenvalue weighted by molar-refractivity contribution is 8.12. The van der Waals surface area contributed by atoms with E-state index in [1.54, 1.807) is 0 Å². The van der Waals surface area contributed by atoms with Crippen molar-refractivity contribution in [3.05, 3.63) is 179 Å². The Morgan fingerprint density at radius 2 is 0.698 bits per heavy atom. The van der Waals surface area contributed by atoms with Crippen LogP contribution in [-0.2, 0) is 20.5 Å². The molecule has 0 aliphatic rings. The van der Waals surface area contributed by atoms with Crippen LogP contribution in [0.15, 0.2) is 181 Å². The molecule has 0 aromatic heterocycles. The van der Waals surface area contributed by atoms with Gasteiger partial charge in [-0.1, -0.05) is 89.0 Å². The minimum atomic E-state index is -1.69. The second-order valence-electron chi connectivity index (χ2n) is 11.2. The average Bonchev–Trinajstić information content (AvgIpc) is 3.04. The molecule has 0 radical (unpaired) electrons. The van der Waals surface area contributed by atoms with E-state index in [2.05, 4.69) is 185 Å². The van der Waals surface area contributed by atoms with Gasteiger partial charge < -0.3 is 0 Å². The topological polar surface area (TPSA) is 0 Å². The maximum atomic E-state index is 2.54. The molecule has 0 aliphatic carbocycles. The normalized spacial score (nSPS) is 11.5. The molecule has 0 aliphatic heterocycles. The average molecular weight is 595 g/mol. The van der Waals surface area contributed by atoms with Gasteiger partial charge >= 0.3 is 0 Å². The zero-order valence-corrected chi connectivity index (χ0v) is 27.0. The maximum Gasteiger partial charge on any atom is 0.166 e. The molecule has 0 bridgehead atoms. The molecule has 0 N–H and O–H groups in total. The summed E-state index contributed by atoms with van der Waals surface area (Å²) >= 11 is 0. The fraction of sp³-hybridized carbons (Fsp3) is 0.0976. The Kier molecular flexibility index (Phi) is 8.51. The Morgan fingerprint density at radius 3 is 1.09 bits per heavy atom. The van der Waals surface area contributed by atoms with Crippen molar-refractivity contribution in [3.63, 3.8) is 0 Å². The SMILES string of the molecule is Cc1ccc([S+](c2ccc(C)cc2)c2ccc(C=[S+](c3ccccc3)(c3ccc(C)cc3)c3ccc(C)cc3)cc2)cc1. The summed E-state index contributed by atoms with van der Waals surface area (Å²) in [6.45, 7) is 8.64. The molecule has 2 heteroatoms. The summed E-state index contributed by atoms with van der Waals surface area (Å²) in [6, 6.07) is 56.8. The molecule has 6 aromatic rings. The van der Waals surface area contributed by atoms with Crippen LogP contribution in [0.2, 0.25) is 0 Å². The first-order chi connectivity index (χ1) is 20.9. The largest absolute Gasteiger partial charge is 0.166 e. The van der Waals surface area contributed by atoms with Crippen LogP contribution >= 0.6 is 0 Å². The first-order valence-electron chi connectivity index (χ1n) is 14.8. The molecule has 212 valence electrons. The van der Waals surface area contributed by atoms with Gasteiger partial charge in [-0.3, -0.25) is 0 Å². The molecule has 0 heterocycles. The van der Waals surface area contributed by atoms with Crippen LogP contribution in [0.5, 0.6) is 0 Å². The van der Waals surface area contributed by atoms with Crippen molar-refractivity contribution < 1.29 is 0 Å². The Morgan fingerprint density at radius 1 is 0.372 bits per heavy atom. The van der Waals surface area contributed by atoms with E-state index in [0.29, 0.717) is 0 Å². The molecule has 43 heavy (non-hydrogen) atoms. The smallest absolute Gasteiger partial charge is 0.0619 e. The molecular formula is C41H38S2+2. The summed E-state index contributed by atoms with van der Waals surface area (Å²) in [4.78, 5) is 8.04. The van der Waals surface area contributed by atoms with Gasteiger partial charge in [0.25, 0.3) is 0 Å². The van der Waals surface area contributed by atoms with Crippen LogP contribution in [-0.4, -0.2) is 5.37 Å². The third-order valence-corrected chi connectivity index (χ3v) is 13.7. The Hall–Kier alpha value is -4.11. The lowest BCUT2D eigenvalue weighted by Gasteiger charge is -2.22.